The van der Waals surface area contributed by atoms with Crippen LogP contribution in [0.2, 0.25) is 0 Å². The first kappa shape index (κ1) is 16.0. The second-order valence-electron chi connectivity index (χ2n) is 5.01. The Kier molecular flexibility index (Phi) is 8.26. The van der Waals surface area contributed by atoms with Gasteiger partial charge in [-0.05, 0) is 52.0 Å². The lowest BCUT2D eigenvalue weighted by Crippen LogP contribution is -2.21. The van der Waals surface area contributed by atoms with E-state index in [4.69, 9.17) is 4.74 Å². The van der Waals surface area contributed by atoms with Gasteiger partial charge in [0.2, 0.25) is 0 Å². The van der Waals surface area contributed by atoms with E-state index < -0.39 is 0 Å². The van der Waals surface area contributed by atoms with Gasteiger partial charge in [-0.2, -0.15) is 0 Å². The molecule has 0 aliphatic rings. The summed E-state index contributed by atoms with van der Waals surface area (Å²) >= 11 is 0. The van der Waals surface area contributed by atoms with Gasteiger partial charge in [0.05, 0.1) is 7.11 Å². The topological polar surface area (TPSA) is 24.5 Å². The molecule has 0 unspecified atom stereocenters. The lowest BCUT2D eigenvalue weighted by molar-refractivity contribution is 0.309. The van der Waals surface area contributed by atoms with Crippen LogP contribution in [0.15, 0.2) is 24.3 Å². The molecule has 1 aromatic rings. The molecule has 0 saturated heterocycles. The number of unbranched alkanes of at least 4 members (excludes halogenated alkanes) is 1. The monoisotopic (exact) mass is 264 g/mol. The zero-order chi connectivity index (χ0) is 13.9. The average Bonchev–Trinajstić information content (AvgIpc) is 2.43. The SMILES string of the molecule is CCCNCCCCN(C)Cc1ccccc1OC. The maximum absolute atomic E-state index is 5.38. The molecule has 0 heterocycles. The molecule has 0 spiro atoms. The van der Waals surface area contributed by atoms with Gasteiger partial charge in [-0.1, -0.05) is 25.1 Å². The first-order valence-corrected chi connectivity index (χ1v) is 7.29. The smallest absolute Gasteiger partial charge is 0.123 e. The van der Waals surface area contributed by atoms with Crippen molar-refractivity contribution in [1.29, 1.82) is 0 Å². The molecule has 3 heteroatoms. The van der Waals surface area contributed by atoms with Crippen molar-refractivity contribution < 1.29 is 4.74 Å². The van der Waals surface area contributed by atoms with E-state index in [1.54, 1.807) is 7.11 Å². The van der Waals surface area contributed by atoms with E-state index in [0.717, 1.165) is 31.9 Å². The van der Waals surface area contributed by atoms with Crippen molar-refractivity contribution in [1.82, 2.24) is 10.2 Å². The molecule has 0 radical (unpaired) electrons. The van der Waals surface area contributed by atoms with Gasteiger partial charge in [-0.3, -0.25) is 0 Å². The van der Waals surface area contributed by atoms with E-state index in [2.05, 4.69) is 36.3 Å². The van der Waals surface area contributed by atoms with Crippen molar-refractivity contribution in [3.63, 3.8) is 0 Å². The molecule has 1 aromatic carbocycles. The standard InChI is InChI=1S/C16H28N2O/c1-4-11-17-12-7-8-13-18(2)14-15-9-5-6-10-16(15)19-3/h5-6,9-10,17H,4,7-8,11-14H2,1-3H3. The minimum Gasteiger partial charge on any atom is -0.496 e. The molecule has 19 heavy (non-hydrogen) atoms. The second-order valence-corrected chi connectivity index (χ2v) is 5.01. The largest absolute Gasteiger partial charge is 0.496 e. The molecule has 3 nitrogen and oxygen atoms in total. The summed E-state index contributed by atoms with van der Waals surface area (Å²) in [4.78, 5) is 2.36. The van der Waals surface area contributed by atoms with Crippen molar-refractivity contribution in [2.75, 3.05) is 33.8 Å². The fourth-order valence-electron chi connectivity index (χ4n) is 2.14. The molecule has 0 amide bonds. The van der Waals surface area contributed by atoms with Crippen LogP contribution >= 0.6 is 0 Å². The van der Waals surface area contributed by atoms with E-state index in [1.165, 1.54) is 24.8 Å². The summed E-state index contributed by atoms with van der Waals surface area (Å²) in [6, 6.07) is 8.25. The van der Waals surface area contributed by atoms with Crippen molar-refractivity contribution in [2.24, 2.45) is 0 Å². The number of para-hydroxylation sites is 1. The van der Waals surface area contributed by atoms with Gasteiger partial charge in [-0.15, -0.1) is 0 Å². The van der Waals surface area contributed by atoms with Crippen molar-refractivity contribution in [3.8, 4) is 5.75 Å². The third-order valence-corrected chi connectivity index (χ3v) is 3.20. The van der Waals surface area contributed by atoms with Gasteiger partial charge in [0, 0.05) is 12.1 Å². The van der Waals surface area contributed by atoms with E-state index >= 15 is 0 Å². The number of rotatable bonds is 10. The van der Waals surface area contributed by atoms with Gasteiger partial charge in [0.15, 0.2) is 0 Å². The van der Waals surface area contributed by atoms with E-state index in [1.807, 2.05) is 12.1 Å². The Morgan fingerprint density at radius 3 is 2.68 bits per heavy atom. The maximum atomic E-state index is 5.38. The molecule has 0 saturated carbocycles. The minimum atomic E-state index is 0.951. The van der Waals surface area contributed by atoms with Crippen molar-refractivity contribution in [3.05, 3.63) is 29.8 Å². The van der Waals surface area contributed by atoms with E-state index in [-0.39, 0.29) is 0 Å². The first-order chi connectivity index (χ1) is 9.27. The highest BCUT2D eigenvalue weighted by Gasteiger charge is 2.05. The second kappa shape index (κ2) is 9.82. The molecular weight excluding hydrogens is 236 g/mol. The van der Waals surface area contributed by atoms with Crippen LogP contribution < -0.4 is 10.1 Å². The normalized spacial score (nSPS) is 10.9. The molecule has 0 aliphatic carbocycles. The highest BCUT2D eigenvalue weighted by Crippen LogP contribution is 2.18. The summed E-state index contributed by atoms with van der Waals surface area (Å²) < 4.78 is 5.38. The lowest BCUT2D eigenvalue weighted by Gasteiger charge is -2.18. The molecule has 0 aromatic heterocycles. The molecule has 0 fully saturated rings. The summed E-state index contributed by atoms with van der Waals surface area (Å²) in [6.45, 7) is 6.56. The summed E-state index contributed by atoms with van der Waals surface area (Å²) in [7, 11) is 3.91. The van der Waals surface area contributed by atoms with Gasteiger partial charge in [0.25, 0.3) is 0 Å². The van der Waals surface area contributed by atoms with Gasteiger partial charge in [-0.25, -0.2) is 0 Å². The minimum absolute atomic E-state index is 0.951. The van der Waals surface area contributed by atoms with Crippen LogP contribution in [-0.2, 0) is 6.54 Å². The predicted molar refractivity (Wildman–Crippen MR) is 81.7 cm³/mol. The molecular formula is C16H28N2O. The summed E-state index contributed by atoms with van der Waals surface area (Å²) in [5.74, 6) is 0.985. The van der Waals surface area contributed by atoms with Crippen LogP contribution in [0.4, 0.5) is 0 Å². The average molecular weight is 264 g/mol. The molecule has 108 valence electrons. The Hall–Kier alpha value is -1.06. The van der Waals surface area contributed by atoms with Gasteiger partial charge >= 0.3 is 0 Å². The molecule has 0 bridgehead atoms. The molecule has 0 atom stereocenters. The number of methoxy groups -OCH3 is 1. The molecule has 0 aliphatic heterocycles. The Morgan fingerprint density at radius 2 is 1.95 bits per heavy atom. The number of hydrogen-bond donors (Lipinski definition) is 1. The Balaban J connectivity index is 2.21. The highest BCUT2D eigenvalue weighted by atomic mass is 16.5. The van der Waals surface area contributed by atoms with Crippen molar-refractivity contribution >= 4 is 0 Å². The Labute approximate surface area is 118 Å². The fourth-order valence-corrected chi connectivity index (χ4v) is 2.14. The summed E-state index contributed by atoms with van der Waals surface area (Å²) in [5.41, 5.74) is 1.26. The van der Waals surface area contributed by atoms with Gasteiger partial charge < -0.3 is 15.0 Å². The molecule has 1 rings (SSSR count). The van der Waals surface area contributed by atoms with E-state index in [9.17, 15) is 0 Å². The van der Waals surface area contributed by atoms with Crippen LogP contribution in [0.25, 0.3) is 0 Å². The highest BCUT2D eigenvalue weighted by molar-refractivity contribution is 5.32. The van der Waals surface area contributed by atoms with Crippen LogP contribution in [-0.4, -0.2) is 38.7 Å². The third-order valence-electron chi connectivity index (χ3n) is 3.20. The van der Waals surface area contributed by atoms with E-state index in [0.29, 0.717) is 0 Å². The van der Waals surface area contributed by atoms with Crippen molar-refractivity contribution in [2.45, 2.75) is 32.7 Å². The number of nitrogens with one attached hydrogen (secondary N) is 1. The lowest BCUT2D eigenvalue weighted by atomic mass is 10.2. The quantitative estimate of drug-likeness (QED) is 0.658. The fraction of sp³-hybridized carbons (Fsp3) is 0.625. The van der Waals surface area contributed by atoms with Crippen LogP contribution in [0.5, 0.6) is 5.75 Å². The zero-order valence-corrected chi connectivity index (χ0v) is 12.6. The van der Waals surface area contributed by atoms with Crippen LogP contribution in [0, 0.1) is 0 Å². The maximum Gasteiger partial charge on any atom is 0.123 e. The summed E-state index contributed by atoms with van der Waals surface area (Å²) in [5, 5.41) is 3.44. The zero-order valence-electron chi connectivity index (χ0n) is 12.6. The van der Waals surface area contributed by atoms with Crippen LogP contribution in [0.3, 0.4) is 0 Å². The van der Waals surface area contributed by atoms with Gasteiger partial charge in [0.1, 0.15) is 5.75 Å². The summed E-state index contributed by atoms with van der Waals surface area (Å²) in [6.07, 6.45) is 3.70. The number of benzene rings is 1. The number of hydrogen-bond acceptors (Lipinski definition) is 3. The Bertz CT molecular complexity index is 341. The number of nitrogens with zero attached hydrogens (tertiary/aromatic N) is 1. The van der Waals surface area contributed by atoms with Crippen LogP contribution in [0.1, 0.15) is 31.7 Å². The number of ether oxygens (including phenoxy) is 1. The third kappa shape index (κ3) is 6.60. The predicted octanol–water partition coefficient (Wildman–Crippen LogP) is 2.91. The Morgan fingerprint density at radius 1 is 1.16 bits per heavy atom. The molecule has 1 N–H and O–H groups in total. The first-order valence-electron chi connectivity index (χ1n) is 7.29.